The van der Waals surface area contributed by atoms with Gasteiger partial charge in [-0.2, -0.15) is 0 Å². The number of hydrogen-bond donors (Lipinski definition) is 1. The van der Waals surface area contributed by atoms with Crippen molar-refractivity contribution in [2.45, 2.75) is 12.6 Å². The van der Waals surface area contributed by atoms with Gasteiger partial charge in [0.05, 0.1) is 25.9 Å². The van der Waals surface area contributed by atoms with Crippen molar-refractivity contribution in [2.24, 2.45) is 0 Å². The quantitative estimate of drug-likeness (QED) is 0.897. The van der Waals surface area contributed by atoms with Crippen LogP contribution in [0, 0.1) is 5.82 Å². The van der Waals surface area contributed by atoms with Gasteiger partial charge in [0, 0.05) is 23.7 Å². The van der Waals surface area contributed by atoms with Gasteiger partial charge in [-0.15, -0.1) is 0 Å². The average molecular weight is 260 g/mol. The van der Waals surface area contributed by atoms with E-state index < -0.39 is 0 Å². The van der Waals surface area contributed by atoms with Crippen molar-refractivity contribution >= 4 is 11.6 Å². The average Bonchev–Trinajstić information content (AvgIpc) is 2.34. The molecular formula is C12H15ClFNO2. The van der Waals surface area contributed by atoms with Gasteiger partial charge >= 0.3 is 0 Å². The highest BCUT2D eigenvalue weighted by atomic mass is 35.5. The summed E-state index contributed by atoms with van der Waals surface area (Å²) >= 11 is 5.92. The monoisotopic (exact) mass is 259 g/mol. The van der Waals surface area contributed by atoms with Crippen molar-refractivity contribution in [3.05, 3.63) is 34.6 Å². The summed E-state index contributed by atoms with van der Waals surface area (Å²) in [4.78, 5) is 0. The largest absolute Gasteiger partial charge is 0.376 e. The van der Waals surface area contributed by atoms with Gasteiger partial charge in [0.25, 0.3) is 0 Å². The van der Waals surface area contributed by atoms with Gasteiger partial charge in [-0.05, 0) is 12.1 Å². The lowest BCUT2D eigenvalue weighted by atomic mass is 10.2. The zero-order valence-electron chi connectivity index (χ0n) is 9.42. The first-order valence-electron chi connectivity index (χ1n) is 5.60. The Morgan fingerprint density at radius 1 is 1.41 bits per heavy atom. The Labute approximate surface area is 105 Å². The standard InChI is InChI=1S/C12H15ClFNO2/c13-11-2-1-3-12(14)10(11)7-15-6-9-8-16-4-5-17-9/h1-3,9,15H,4-8H2. The lowest BCUT2D eigenvalue weighted by Crippen LogP contribution is -2.37. The molecule has 1 unspecified atom stereocenters. The second-order valence-corrected chi connectivity index (χ2v) is 4.31. The minimum absolute atomic E-state index is 0.0364. The SMILES string of the molecule is Fc1cccc(Cl)c1CNCC1COCCO1. The molecule has 1 saturated heterocycles. The molecule has 5 heteroatoms. The molecule has 0 aliphatic carbocycles. The summed E-state index contributed by atoms with van der Waals surface area (Å²) in [5, 5.41) is 3.57. The summed E-state index contributed by atoms with van der Waals surface area (Å²) in [6.45, 7) is 2.87. The second-order valence-electron chi connectivity index (χ2n) is 3.90. The van der Waals surface area contributed by atoms with Crippen LogP contribution < -0.4 is 5.32 Å². The first-order valence-corrected chi connectivity index (χ1v) is 5.98. The van der Waals surface area contributed by atoms with E-state index in [1.165, 1.54) is 6.07 Å². The first-order chi connectivity index (χ1) is 8.27. The smallest absolute Gasteiger partial charge is 0.129 e. The molecule has 0 saturated carbocycles. The zero-order valence-corrected chi connectivity index (χ0v) is 10.2. The van der Waals surface area contributed by atoms with Gasteiger partial charge in [-0.1, -0.05) is 17.7 Å². The van der Waals surface area contributed by atoms with Crippen LogP contribution in [0.5, 0.6) is 0 Å². The summed E-state index contributed by atoms with van der Waals surface area (Å²) < 4.78 is 24.2. The summed E-state index contributed by atoms with van der Waals surface area (Å²) in [7, 11) is 0. The fourth-order valence-corrected chi connectivity index (χ4v) is 1.94. The van der Waals surface area contributed by atoms with Gasteiger partial charge < -0.3 is 14.8 Å². The van der Waals surface area contributed by atoms with Crippen LogP contribution in [0.15, 0.2) is 18.2 Å². The number of rotatable bonds is 4. The van der Waals surface area contributed by atoms with Gasteiger partial charge in [-0.3, -0.25) is 0 Å². The van der Waals surface area contributed by atoms with Crippen LogP contribution in [0.25, 0.3) is 0 Å². The van der Waals surface area contributed by atoms with Crippen molar-refractivity contribution in [1.29, 1.82) is 0 Å². The van der Waals surface area contributed by atoms with E-state index in [0.717, 1.165) is 0 Å². The van der Waals surface area contributed by atoms with Crippen LogP contribution in [0.3, 0.4) is 0 Å². The molecule has 0 amide bonds. The predicted octanol–water partition coefficient (Wildman–Crippen LogP) is 1.98. The molecule has 0 spiro atoms. The third-order valence-corrected chi connectivity index (χ3v) is 2.97. The maximum Gasteiger partial charge on any atom is 0.129 e. The lowest BCUT2D eigenvalue weighted by molar-refractivity contribution is -0.0864. The highest BCUT2D eigenvalue weighted by molar-refractivity contribution is 6.31. The maximum atomic E-state index is 13.4. The van der Waals surface area contributed by atoms with Crippen LogP contribution in [-0.2, 0) is 16.0 Å². The van der Waals surface area contributed by atoms with Gasteiger partial charge in [-0.25, -0.2) is 4.39 Å². The molecule has 2 rings (SSSR count). The van der Waals surface area contributed by atoms with Crippen molar-refractivity contribution in [3.63, 3.8) is 0 Å². The third-order valence-electron chi connectivity index (χ3n) is 2.62. The number of hydrogen-bond acceptors (Lipinski definition) is 3. The fourth-order valence-electron chi connectivity index (χ4n) is 1.71. The molecule has 1 aromatic carbocycles. The van der Waals surface area contributed by atoms with E-state index >= 15 is 0 Å². The molecule has 94 valence electrons. The molecule has 1 atom stereocenters. The minimum Gasteiger partial charge on any atom is -0.376 e. The van der Waals surface area contributed by atoms with E-state index in [0.29, 0.717) is 43.5 Å². The topological polar surface area (TPSA) is 30.5 Å². The molecule has 0 radical (unpaired) electrons. The maximum absolute atomic E-state index is 13.4. The Balaban J connectivity index is 1.81. The summed E-state index contributed by atoms with van der Waals surface area (Å²) in [6, 6.07) is 4.68. The van der Waals surface area contributed by atoms with E-state index in [9.17, 15) is 4.39 Å². The fraction of sp³-hybridized carbons (Fsp3) is 0.500. The summed E-state index contributed by atoms with van der Waals surface area (Å²) in [6.07, 6.45) is 0.0364. The van der Waals surface area contributed by atoms with Gasteiger partial charge in [0.1, 0.15) is 5.82 Å². The Morgan fingerprint density at radius 3 is 3.00 bits per heavy atom. The zero-order chi connectivity index (χ0) is 12.1. The molecule has 1 N–H and O–H groups in total. The first kappa shape index (κ1) is 12.8. The molecule has 1 aliphatic rings. The Bertz CT molecular complexity index is 349. The predicted molar refractivity (Wildman–Crippen MR) is 63.7 cm³/mol. The Morgan fingerprint density at radius 2 is 2.29 bits per heavy atom. The number of ether oxygens (including phenoxy) is 2. The molecule has 1 heterocycles. The van der Waals surface area contributed by atoms with Crippen molar-refractivity contribution in [2.75, 3.05) is 26.4 Å². The number of benzene rings is 1. The minimum atomic E-state index is -0.286. The van der Waals surface area contributed by atoms with Crippen molar-refractivity contribution in [1.82, 2.24) is 5.32 Å². The molecule has 1 aromatic rings. The van der Waals surface area contributed by atoms with Crippen LogP contribution >= 0.6 is 11.6 Å². The van der Waals surface area contributed by atoms with E-state index in [1.54, 1.807) is 12.1 Å². The van der Waals surface area contributed by atoms with E-state index in [4.69, 9.17) is 21.1 Å². The Kier molecular flexibility index (Phi) is 4.74. The summed E-state index contributed by atoms with van der Waals surface area (Å²) in [5.41, 5.74) is 0.492. The van der Waals surface area contributed by atoms with E-state index in [-0.39, 0.29) is 11.9 Å². The van der Waals surface area contributed by atoms with Gasteiger partial charge in [0.15, 0.2) is 0 Å². The number of halogens is 2. The normalized spacial score (nSPS) is 20.5. The molecule has 0 bridgehead atoms. The van der Waals surface area contributed by atoms with E-state index in [2.05, 4.69) is 5.32 Å². The third kappa shape index (κ3) is 3.64. The molecule has 1 fully saturated rings. The lowest BCUT2D eigenvalue weighted by Gasteiger charge is -2.23. The Hall–Kier alpha value is -0.680. The van der Waals surface area contributed by atoms with Gasteiger partial charge in [0.2, 0.25) is 0 Å². The van der Waals surface area contributed by atoms with Crippen LogP contribution in [-0.4, -0.2) is 32.5 Å². The second kappa shape index (κ2) is 6.31. The van der Waals surface area contributed by atoms with Crippen molar-refractivity contribution in [3.8, 4) is 0 Å². The van der Waals surface area contributed by atoms with Crippen LogP contribution in [0.1, 0.15) is 5.56 Å². The molecule has 3 nitrogen and oxygen atoms in total. The highest BCUT2D eigenvalue weighted by Gasteiger charge is 2.14. The molecule has 0 aromatic heterocycles. The van der Waals surface area contributed by atoms with Crippen LogP contribution in [0.4, 0.5) is 4.39 Å². The van der Waals surface area contributed by atoms with E-state index in [1.807, 2.05) is 0 Å². The number of nitrogens with one attached hydrogen (secondary N) is 1. The molecule has 1 aliphatic heterocycles. The van der Waals surface area contributed by atoms with Crippen molar-refractivity contribution < 1.29 is 13.9 Å². The van der Waals surface area contributed by atoms with Crippen LogP contribution in [0.2, 0.25) is 5.02 Å². The highest BCUT2D eigenvalue weighted by Crippen LogP contribution is 2.18. The molecule has 17 heavy (non-hydrogen) atoms. The molecular weight excluding hydrogens is 245 g/mol. The summed E-state index contributed by atoms with van der Waals surface area (Å²) in [5.74, 6) is -0.286.